The molecule has 3 aromatic carbocycles. The molecule has 0 radical (unpaired) electrons. The Bertz CT molecular complexity index is 1570. The normalized spacial score (nSPS) is 13.4. The van der Waals surface area contributed by atoms with Crippen LogP contribution in [0.25, 0.3) is 22.6 Å². The fourth-order valence-corrected chi connectivity index (χ4v) is 4.50. The summed E-state index contributed by atoms with van der Waals surface area (Å²) in [6, 6.07) is 15.1. The number of nitro benzene ring substituents is 1. The van der Waals surface area contributed by atoms with Crippen molar-refractivity contribution in [2.75, 3.05) is 36.5 Å². The Morgan fingerprint density at radius 1 is 1.13 bits per heavy atom. The molecule has 12 heteroatoms. The number of hydrogen-bond acceptors (Lipinski definition) is 8. The summed E-state index contributed by atoms with van der Waals surface area (Å²) in [6.07, 6.45) is 0. The van der Waals surface area contributed by atoms with Gasteiger partial charge in [0.25, 0.3) is 11.6 Å². The average molecular weight is 552 g/mol. The van der Waals surface area contributed by atoms with E-state index in [0.29, 0.717) is 59.7 Å². The predicted octanol–water partition coefficient (Wildman–Crippen LogP) is 5.33. The molecule has 194 valence electrons. The molecule has 2 heterocycles. The maximum Gasteiger partial charge on any atom is 0.270 e. The number of aryl methyl sites for hydroxylation is 1. The van der Waals surface area contributed by atoms with Gasteiger partial charge >= 0.3 is 0 Å². The molecule has 1 saturated heterocycles. The molecule has 5 rings (SSSR count). The molecule has 38 heavy (non-hydrogen) atoms. The van der Waals surface area contributed by atoms with E-state index in [-0.39, 0.29) is 16.4 Å². The number of hydrogen-bond donors (Lipinski definition) is 2. The zero-order valence-corrected chi connectivity index (χ0v) is 21.8. The first-order valence-corrected chi connectivity index (χ1v) is 12.5. The fourth-order valence-electron chi connectivity index (χ4n) is 4.13. The molecule has 1 aliphatic rings. The van der Waals surface area contributed by atoms with Gasteiger partial charge in [-0.1, -0.05) is 17.7 Å². The molecule has 0 spiro atoms. The fraction of sp³-hybridized carbons (Fsp3) is 0.192. The molecule has 0 saturated carbocycles. The molecule has 10 nitrogen and oxygen atoms in total. The summed E-state index contributed by atoms with van der Waals surface area (Å²) in [5.41, 5.74) is 4.03. The number of morpholine rings is 1. The second kappa shape index (κ2) is 10.7. The predicted molar refractivity (Wildman–Crippen MR) is 149 cm³/mol. The van der Waals surface area contributed by atoms with E-state index in [4.69, 9.17) is 33.0 Å². The van der Waals surface area contributed by atoms with Gasteiger partial charge in [0.05, 0.1) is 40.1 Å². The molecule has 1 aromatic heterocycles. The highest BCUT2D eigenvalue weighted by atomic mass is 35.5. The molecule has 0 unspecified atom stereocenters. The lowest BCUT2D eigenvalue weighted by Gasteiger charge is -2.30. The number of oxazole rings is 1. The third-order valence-electron chi connectivity index (χ3n) is 6.02. The van der Waals surface area contributed by atoms with Crippen LogP contribution in [0.3, 0.4) is 0 Å². The molecule has 0 atom stereocenters. The SMILES string of the molecule is Cc1ccc2nc(-c3ccc(Cl)c(NC(=S)NC(=O)c4cc([N+](=O)[O-])ccc4N4CCOCC4)c3)oc2c1. The van der Waals surface area contributed by atoms with Gasteiger partial charge < -0.3 is 19.4 Å². The lowest BCUT2D eigenvalue weighted by Crippen LogP contribution is -2.39. The minimum atomic E-state index is -0.589. The van der Waals surface area contributed by atoms with E-state index in [1.54, 1.807) is 24.3 Å². The first-order chi connectivity index (χ1) is 18.3. The van der Waals surface area contributed by atoms with Gasteiger partial charge in [-0.2, -0.15) is 0 Å². The van der Waals surface area contributed by atoms with Crippen LogP contribution in [0.4, 0.5) is 17.1 Å². The topological polar surface area (TPSA) is 123 Å². The number of amides is 1. The van der Waals surface area contributed by atoms with Crippen molar-refractivity contribution in [2.45, 2.75) is 6.92 Å². The lowest BCUT2D eigenvalue weighted by molar-refractivity contribution is -0.384. The van der Waals surface area contributed by atoms with Crippen LogP contribution in [0.1, 0.15) is 15.9 Å². The highest BCUT2D eigenvalue weighted by Crippen LogP contribution is 2.31. The molecule has 0 aliphatic carbocycles. The number of nitrogens with one attached hydrogen (secondary N) is 2. The van der Waals surface area contributed by atoms with Gasteiger partial charge in [0.1, 0.15) is 5.52 Å². The van der Waals surface area contributed by atoms with E-state index in [9.17, 15) is 14.9 Å². The highest BCUT2D eigenvalue weighted by molar-refractivity contribution is 7.80. The highest BCUT2D eigenvalue weighted by Gasteiger charge is 2.23. The Balaban J connectivity index is 1.36. The largest absolute Gasteiger partial charge is 0.436 e. The van der Waals surface area contributed by atoms with Gasteiger partial charge in [-0.15, -0.1) is 0 Å². The number of rotatable bonds is 5. The van der Waals surface area contributed by atoms with Crippen LogP contribution in [0.5, 0.6) is 0 Å². The lowest BCUT2D eigenvalue weighted by atomic mass is 10.1. The second-order valence-electron chi connectivity index (χ2n) is 8.65. The average Bonchev–Trinajstić information content (AvgIpc) is 3.33. The minimum absolute atomic E-state index is 0.0262. The number of fused-ring (bicyclic) bond motifs is 1. The Morgan fingerprint density at radius 2 is 1.92 bits per heavy atom. The molecule has 1 amide bonds. The smallest absolute Gasteiger partial charge is 0.270 e. The van der Waals surface area contributed by atoms with Crippen LogP contribution in [-0.2, 0) is 4.74 Å². The summed E-state index contributed by atoms with van der Waals surface area (Å²) < 4.78 is 11.3. The molecular formula is C26H22ClN5O5S. The van der Waals surface area contributed by atoms with Crippen molar-refractivity contribution in [3.63, 3.8) is 0 Å². The Hall–Kier alpha value is -4.06. The van der Waals surface area contributed by atoms with E-state index >= 15 is 0 Å². The van der Waals surface area contributed by atoms with Gasteiger partial charge in [-0.05, 0) is 61.1 Å². The number of nitrogens with zero attached hydrogens (tertiary/aromatic N) is 3. The van der Waals surface area contributed by atoms with E-state index in [1.807, 2.05) is 30.0 Å². The van der Waals surface area contributed by atoms with Gasteiger partial charge in [-0.25, -0.2) is 4.98 Å². The molecule has 2 N–H and O–H groups in total. The standard InChI is InChI=1S/C26H22ClN5O5S/c1-15-2-6-20-23(12-15)37-25(28-20)16-3-5-19(27)21(13-16)29-26(38)30-24(33)18-14-17(32(34)35)4-7-22(18)31-8-10-36-11-9-31/h2-7,12-14H,8-11H2,1H3,(H2,29,30,33,38). The minimum Gasteiger partial charge on any atom is -0.436 e. The van der Waals surface area contributed by atoms with E-state index in [1.165, 1.54) is 12.1 Å². The van der Waals surface area contributed by atoms with Gasteiger partial charge in [0.15, 0.2) is 10.7 Å². The first-order valence-electron chi connectivity index (χ1n) is 11.7. The van der Waals surface area contributed by atoms with Gasteiger partial charge in [0.2, 0.25) is 5.89 Å². The monoisotopic (exact) mass is 551 g/mol. The van der Waals surface area contributed by atoms with Crippen molar-refractivity contribution >= 4 is 63.0 Å². The summed E-state index contributed by atoms with van der Waals surface area (Å²) in [6.45, 7) is 4.06. The van der Waals surface area contributed by atoms with Crippen molar-refractivity contribution < 1.29 is 18.9 Å². The van der Waals surface area contributed by atoms with Crippen molar-refractivity contribution in [3.8, 4) is 11.5 Å². The van der Waals surface area contributed by atoms with Crippen molar-refractivity contribution in [1.82, 2.24) is 10.3 Å². The Kier molecular flexibility index (Phi) is 7.23. The molecular weight excluding hydrogens is 530 g/mol. The van der Waals surface area contributed by atoms with E-state index in [2.05, 4.69) is 15.6 Å². The van der Waals surface area contributed by atoms with Crippen molar-refractivity contribution in [2.24, 2.45) is 0 Å². The maximum absolute atomic E-state index is 13.2. The van der Waals surface area contributed by atoms with Crippen LogP contribution in [0.2, 0.25) is 5.02 Å². The van der Waals surface area contributed by atoms with Gasteiger partial charge in [0, 0.05) is 30.8 Å². The molecule has 4 aromatic rings. The number of benzene rings is 3. The number of anilines is 2. The quantitative estimate of drug-likeness (QED) is 0.192. The number of nitro groups is 1. The number of carbonyl (C=O) groups is 1. The molecule has 0 bridgehead atoms. The van der Waals surface area contributed by atoms with E-state index < -0.39 is 10.8 Å². The third-order valence-corrected chi connectivity index (χ3v) is 6.55. The maximum atomic E-state index is 13.2. The van der Waals surface area contributed by atoms with Crippen LogP contribution in [0.15, 0.2) is 59.0 Å². The molecule has 1 fully saturated rings. The Labute approximate surface area is 227 Å². The number of aromatic nitrogens is 1. The summed E-state index contributed by atoms with van der Waals surface area (Å²) in [4.78, 5) is 30.5. The van der Waals surface area contributed by atoms with E-state index in [0.717, 1.165) is 11.1 Å². The van der Waals surface area contributed by atoms with Crippen LogP contribution >= 0.6 is 23.8 Å². The summed E-state index contributed by atoms with van der Waals surface area (Å²) >= 11 is 11.8. The number of thiocarbonyl (C=S) groups is 1. The van der Waals surface area contributed by atoms with Crippen LogP contribution < -0.4 is 15.5 Å². The summed E-state index contributed by atoms with van der Waals surface area (Å²) in [7, 11) is 0. The third kappa shape index (κ3) is 5.44. The zero-order valence-electron chi connectivity index (χ0n) is 20.2. The number of ether oxygens (including phenoxy) is 1. The summed E-state index contributed by atoms with van der Waals surface area (Å²) in [5, 5.41) is 17.2. The van der Waals surface area contributed by atoms with Gasteiger partial charge in [-0.3, -0.25) is 20.2 Å². The van der Waals surface area contributed by atoms with Crippen molar-refractivity contribution in [1.29, 1.82) is 0 Å². The zero-order chi connectivity index (χ0) is 26.8. The second-order valence-corrected chi connectivity index (χ2v) is 9.47. The number of carbonyl (C=O) groups excluding carboxylic acids is 1. The Morgan fingerprint density at radius 3 is 2.68 bits per heavy atom. The number of halogens is 1. The first kappa shape index (κ1) is 25.6. The van der Waals surface area contributed by atoms with Crippen LogP contribution in [-0.4, -0.2) is 47.2 Å². The van der Waals surface area contributed by atoms with Crippen LogP contribution in [0, 0.1) is 17.0 Å². The summed E-state index contributed by atoms with van der Waals surface area (Å²) in [5.74, 6) is -0.179. The van der Waals surface area contributed by atoms with Crippen molar-refractivity contribution in [3.05, 3.63) is 80.9 Å². The number of non-ortho nitro benzene ring substituents is 1. The molecule has 1 aliphatic heterocycles.